The van der Waals surface area contributed by atoms with Gasteiger partial charge in [-0.15, -0.1) is 18.3 Å². The van der Waals surface area contributed by atoms with Crippen LogP contribution >= 0.6 is 15.9 Å². The van der Waals surface area contributed by atoms with Crippen LogP contribution in [0, 0.1) is 0 Å². The van der Waals surface area contributed by atoms with E-state index in [4.69, 9.17) is 5.73 Å². The summed E-state index contributed by atoms with van der Waals surface area (Å²) in [6, 6.07) is 0. The second kappa shape index (κ2) is 4.40. The molecule has 0 radical (unpaired) electrons. The molecule has 18 heavy (non-hydrogen) atoms. The van der Waals surface area contributed by atoms with Crippen molar-refractivity contribution in [3.8, 4) is 11.7 Å². The van der Waals surface area contributed by atoms with Crippen molar-refractivity contribution in [2.75, 3.05) is 5.73 Å². The van der Waals surface area contributed by atoms with Gasteiger partial charge in [0.1, 0.15) is 0 Å². The number of ether oxygens (including phenoxy) is 1. The van der Waals surface area contributed by atoms with E-state index in [-0.39, 0.29) is 16.5 Å². The molecule has 0 aliphatic rings. The van der Waals surface area contributed by atoms with Gasteiger partial charge in [-0.1, -0.05) is 0 Å². The number of nitrogen functional groups attached to an aromatic ring is 1. The first-order valence-corrected chi connectivity index (χ1v) is 5.10. The van der Waals surface area contributed by atoms with Gasteiger partial charge in [-0.05, 0) is 15.9 Å². The van der Waals surface area contributed by atoms with Crippen LogP contribution in [-0.4, -0.2) is 31.1 Å². The van der Waals surface area contributed by atoms with Crippen LogP contribution < -0.4 is 10.5 Å². The molecule has 0 aromatic carbocycles. The largest absolute Gasteiger partial charge is 0.574 e. The molecule has 96 valence electrons. The average Bonchev–Trinajstić information content (AvgIpc) is 2.57. The van der Waals surface area contributed by atoms with E-state index in [9.17, 15) is 13.2 Å². The van der Waals surface area contributed by atoms with E-state index in [2.05, 4.69) is 40.7 Å². The molecular weight excluding hydrogens is 321 g/mol. The van der Waals surface area contributed by atoms with E-state index in [1.165, 1.54) is 4.68 Å². The van der Waals surface area contributed by atoms with Crippen LogP contribution in [0.15, 0.2) is 17.1 Å². The average molecular weight is 325 g/mol. The normalized spacial score (nSPS) is 11.6. The van der Waals surface area contributed by atoms with Crippen molar-refractivity contribution in [1.29, 1.82) is 0 Å². The summed E-state index contributed by atoms with van der Waals surface area (Å²) in [6.45, 7) is 0. The highest BCUT2D eigenvalue weighted by atomic mass is 79.9. The Kier molecular flexibility index (Phi) is 3.07. The standard InChI is InChI=1S/C7H4BrF3N6O/c8-5-15-6(12)16-17(5)3-1-14-4(2-13-3)18-7(9,10)11/h1-2H,(H2,12,16). The molecule has 0 saturated heterocycles. The first-order chi connectivity index (χ1) is 8.35. The van der Waals surface area contributed by atoms with Crippen molar-refractivity contribution < 1.29 is 17.9 Å². The predicted molar refractivity (Wildman–Crippen MR) is 55.7 cm³/mol. The lowest BCUT2D eigenvalue weighted by molar-refractivity contribution is -0.276. The summed E-state index contributed by atoms with van der Waals surface area (Å²) in [7, 11) is 0. The first-order valence-electron chi connectivity index (χ1n) is 4.31. The molecule has 0 saturated carbocycles. The van der Waals surface area contributed by atoms with Crippen LogP contribution in [-0.2, 0) is 0 Å². The summed E-state index contributed by atoms with van der Waals surface area (Å²) >= 11 is 3.05. The van der Waals surface area contributed by atoms with E-state index >= 15 is 0 Å². The van der Waals surface area contributed by atoms with Crippen molar-refractivity contribution >= 4 is 21.9 Å². The third kappa shape index (κ3) is 2.85. The fourth-order valence-electron chi connectivity index (χ4n) is 1.04. The number of hydrogen-bond acceptors (Lipinski definition) is 6. The molecule has 0 aliphatic heterocycles. The molecule has 7 nitrogen and oxygen atoms in total. The van der Waals surface area contributed by atoms with Crippen LogP contribution in [0.4, 0.5) is 19.1 Å². The Morgan fingerprint density at radius 3 is 2.44 bits per heavy atom. The molecule has 2 aromatic heterocycles. The molecule has 2 aromatic rings. The summed E-state index contributed by atoms with van der Waals surface area (Å²) in [5.41, 5.74) is 5.34. The molecule has 0 unspecified atom stereocenters. The van der Waals surface area contributed by atoms with Gasteiger partial charge in [-0.3, -0.25) is 0 Å². The van der Waals surface area contributed by atoms with E-state index in [1.54, 1.807) is 0 Å². The lowest BCUT2D eigenvalue weighted by Crippen LogP contribution is -2.18. The minimum Gasteiger partial charge on any atom is -0.386 e. The van der Waals surface area contributed by atoms with Gasteiger partial charge >= 0.3 is 6.36 Å². The summed E-state index contributed by atoms with van der Waals surface area (Å²) < 4.78 is 40.7. The molecule has 2 N–H and O–H groups in total. The summed E-state index contributed by atoms with van der Waals surface area (Å²) in [5, 5.41) is 3.76. The van der Waals surface area contributed by atoms with Gasteiger partial charge in [0.15, 0.2) is 5.82 Å². The molecule has 0 spiro atoms. The molecule has 0 aliphatic carbocycles. The fourth-order valence-corrected chi connectivity index (χ4v) is 1.49. The second-order valence-corrected chi connectivity index (χ2v) is 3.62. The van der Waals surface area contributed by atoms with E-state index in [0.29, 0.717) is 0 Å². The minimum absolute atomic E-state index is 0.0145. The topological polar surface area (TPSA) is 91.7 Å². The maximum absolute atomic E-state index is 11.9. The quantitative estimate of drug-likeness (QED) is 0.895. The zero-order valence-electron chi connectivity index (χ0n) is 8.39. The van der Waals surface area contributed by atoms with Gasteiger partial charge in [-0.25, -0.2) is 9.97 Å². The van der Waals surface area contributed by atoms with Crippen molar-refractivity contribution in [3.05, 3.63) is 17.1 Å². The molecule has 0 bridgehead atoms. The Hall–Kier alpha value is -1.91. The lowest BCUT2D eigenvalue weighted by atomic mass is 10.6. The maximum atomic E-state index is 11.9. The molecule has 0 fully saturated rings. The second-order valence-electron chi connectivity index (χ2n) is 2.91. The van der Waals surface area contributed by atoms with Crippen LogP contribution in [0.1, 0.15) is 0 Å². The van der Waals surface area contributed by atoms with E-state index < -0.39 is 12.2 Å². The molecule has 0 amide bonds. The molecule has 11 heteroatoms. The Labute approximate surface area is 106 Å². The molecule has 2 rings (SSSR count). The van der Waals surface area contributed by atoms with Crippen molar-refractivity contribution in [2.45, 2.75) is 6.36 Å². The highest BCUT2D eigenvalue weighted by Crippen LogP contribution is 2.20. The van der Waals surface area contributed by atoms with Gasteiger partial charge in [0.25, 0.3) is 0 Å². The fraction of sp³-hybridized carbons (Fsp3) is 0.143. The predicted octanol–water partition coefficient (Wildman–Crippen LogP) is 1.30. The Morgan fingerprint density at radius 1 is 1.28 bits per heavy atom. The van der Waals surface area contributed by atoms with Crippen LogP contribution in [0.5, 0.6) is 5.88 Å². The Morgan fingerprint density at radius 2 is 2.00 bits per heavy atom. The van der Waals surface area contributed by atoms with Crippen molar-refractivity contribution in [1.82, 2.24) is 24.7 Å². The van der Waals surface area contributed by atoms with Gasteiger partial charge in [-0.2, -0.15) is 9.67 Å². The summed E-state index contributed by atoms with van der Waals surface area (Å²) in [6.07, 6.45) is -2.96. The minimum atomic E-state index is -4.81. The lowest BCUT2D eigenvalue weighted by Gasteiger charge is -2.07. The first kappa shape index (κ1) is 12.5. The smallest absolute Gasteiger partial charge is 0.386 e. The van der Waals surface area contributed by atoms with Gasteiger partial charge in [0, 0.05) is 0 Å². The van der Waals surface area contributed by atoms with Crippen LogP contribution in [0.2, 0.25) is 0 Å². The number of rotatable bonds is 2. The number of alkyl halides is 3. The number of anilines is 1. The molecule has 0 atom stereocenters. The number of nitrogens with two attached hydrogens (primary N) is 1. The Balaban J connectivity index is 2.25. The number of aromatic nitrogens is 5. The van der Waals surface area contributed by atoms with E-state index in [0.717, 1.165) is 12.4 Å². The van der Waals surface area contributed by atoms with Crippen LogP contribution in [0.3, 0.4) is 0 Å². The van der Waals surface area contributed by atoms with Gasteiger partial charge in [0.2, 0.25) is 16.6 Å². The summed E-state index contributed by atoms with van der Waals surface area (Å²) in [5.74, 6) is -0.546. The zero-order chi connectivity index (χ0) is 13.3. The van der Waals surface area contributed by atoms with Gasteiger partial charge < -0.3 is 10.5 Å². The highest BCUT2D eigenvalue weighted by molar-refractivity contribution is 9.10. The molecule has 2 heterocycles. The van der Waals surface area contributed by atoms with Crippen molar-refractivity contribution in [2.24, 2.45) is 0 Å². The van der Waals surface area contributed by atoms with Crippen LogP contribution in [0.25, 0.3) is 5.82 Å². The third-order valence-electron chi connectivity index (χ3n) is 1.64. The maximum Gasteiger partial charge on any atom is 0.574 e. The monoisotopic (exact) mass is 324 g/mol. The van der Waals surface area contributed by atoms with E-state index in [1.807, 2.05) is 0 Å². The van der Waals surface area contributed by atoms with Gasteiger partial charge in [0.05, 0.1) is 12.4 Å². The number of halogens is 4. The highest BCUT2D eigenvalue weighted by Gasteiger charge is 2.31. The summed E-state index contributed by atoms with van der Waals surface area (Å²) in [4.78, 5) is 10.9. The SMILES string of the molecule is Nc1nc(Br)n(-c2cnc(OC(F)(F)F)cn2)n1. The zero-order valence-corrected chi connectivity index (χ0v) is 9.97. The van der Waals surface area contributed by atoms with Crippen molar-refractivity contribution in [3.63, 3.8) is 0 Å². The number of nitrogens with zero attached hydrogens (tertiary/aromatic N) is 5. The third-order valence-corrected chi connectivity index (χ3v) is 2.15. The number of hydrogen-bond donors (Lipinski definition) is 1. The Bertz CT molecular complexity index is 553. The molecular formula is C7H4BrF3N6O.